The fourth-order valence-corrected chi connectivity index (χ4v) is 4.15. The molecular formula is C15H19N3O3S. The monoisotopic (exact) mass is 321 g/mol. The SMILES string of the molecule is Cc1nn(C2CCCCC2)c2sc(C(=O)NCC(=O)O)cc12. The zero-order chi connectivity index (χ0) is 15.7. The van der Waals surface area contributed by atoms with Crippen LogP contribution in [0.2, 0.25) is 0 Å². The maximum Gasteiger partial charge on any atom is 0.322 e. The average molecular weight is 321 g/mol. The standard InChI is InChI=1S/C15H19N3O3S/c1-9-11-7-12(14(21)16-8-13(19)20)22-15(11)18(17-9)10-5-3-2-4-6-10/h7,10H,2-6,8H2,1H3,(H,16,21)(H,19,20). The van der Waals surface area contributed by atoms with Crippen molar-refractivity contribution in [1.82, 2.24) is 15.1 Å². The molecule has 1 saturated carbocycles. The molecule has 0 aromatic carbocycles. The number of aryl methyl sites for hydroxylation is 1. The number of carboxylic acids is 1. The molecule has 1 fully saturated rings. The number of carbonyl (C=O) groups excluding carboxylic acids is 1. The summed E-state index contributed by atoms with van der Waals surface area (Å²) < 4.78 is 2.07. The normalized spacial score (nSPS) is 16.0. The van der Waals surface area contributed by atoms with Crippen molar-refractivity contribution in [2.45, 2.75) is 45.1 Å². The molecule has 2 aromatic heterocycles. The number of nitrogens with zero attached hydrogens (tertiary/aromatic N) is 2. The summed E-state index contributed by atoms with van der Waals surface area (Å²) in [7, 11) is 0. The summed E-state index contributed by atoms with van der Waals surface area (Å²) in [6.45, 7) is 1.59. The number of thiophene rings is 1. The zero-order valence-electron chi connectivity index (χ0n) is 12.5. The van der Waals surface area contributed by atoms with Crippen LogP contribution in [0.25, 0.3) is 10.2 Å². The van der Waals surface area contributed by atoms with Gasteiger partial charge in [0.05, 0.1) is 16.6 Å². The predicted octanol–water partition coefficient (Wildman–Crippen LogP) is 2.73. The van der Waals surface area contributed by atoms with Crippen LogP contribution in [0.5, 0.6) is 0 Å². The summed E-state index contributed by atoms with van der Waals surface area (Å²) in [6, 6.07) is 2.23. The van der Waals surface area contributed by atoms with Gasteiger partial charge < -0.3 is 10.4 Å². The number of carboxylic acid groups (broad SMARTS) is 1. The second kappa shape index (κ2) is 6.08. The number of nitrogens with one attached hydrogen (secondary N) is 1. The molecule has 2 N–H and O–H groups in total. The highest BCUT2D eigenvalue weighted by Gasteiger charge is 2.22. The minimum absolute atomic E-state index is 0.335. The molecule has 1 amide bonds. The quantitative estimate of drug-likeness (QED) is 0.907. The molecule has 7 heteroatoms. The molecule has 0 spiro atoms. The van der Waals surface area contributed by atoms with Crippen molar-refractivity contribution < 1.29 is 14.7 Å². The zero-order valence-corrected chi connectivity index (χ0v) is 13.3. The van der Waals surface area contributed by atoms with Crippen LogP contribution in [-0.4, -0.2) is 33.3 Å². The van der Waals surface area contributed by atoms with Crippen LogP contribution < -0.4 is 5.32 Å². The first-order valence-electron chi connectivity index (χ1n) is 7.55. The van der Waals surface area contributed by atoms with Gasteiger partial charge in [-0.1, -0.05) is 19.3 Å². The molecule has 6 nitrogen and oxygen atoms in total. The molecule has 22 heavy (non-hydrogen) atoms. The topological polar surface area (TPSA) is 84.2 Å². The third-order valence-electron chi connectivity index (χ3n) is 4.11. The smallest absolute Gasteiger partial charge is 0.322 e. The number of fused-ring (bicyclic) bond motifs is 1. The number of hydrogen-bond acceptors (Lipinski definition) is 4. The highest BCUT2D eigenvalue weighted by atomic mass is 32.1. The van der Waals surface area contributed by atoms with Gasteiger partial charge in [0.15, 0.2) is 0 Å². The van der Waals surface area contributed by atoms with Crippen LogP contribution in [-0.2, 0) is 4.79 Å². The molecule has 2 aromatic rings. The van der Waals surface area contributed by atoms with E-state index in [2.05, 4.69) is 15.1 Å². The largest absolute Gasteiger partial charge is 0.480 e. The van der Waals surface area contributed by atoms with Gasteiger partial charge in [0.1, 0.15) is 11.4 Å². The number of aliphatic carboxylic acids is 1. The molecule has 0 bridgehead atoms. The van der Waals surface area contributed by atoms with Crippen LogP contribution in [0, 0.1) is 6.92 Å². The van der Waals surface area contributed by atoms with E-state index in [0.29, 0.717) is 10.9 Å². The fourth-order valence-electron chi connectivity index (χ4n) is 3.00. The van der Waals surface area contributed by atoms with Gasteiger partial charge in [0.2, 0.25) is 0 Å². The van der Waals surface area contributed by atoms with E-state index < -0.39 is 5.97 Å². The van der Waals surface area contributed by atoms with Gasteiger partial charge >= 0.3 is 5.97 Å². The Kier molecular flexibility index (Phi) is 4.15. The van der Waals surface area contributed by atoms with Gasteiger partial charge in [0.25, 0.3) is 5.91 Å². The Balaban J connectivity index is 1.89. The third kappa shape index (κ3) is 2.85. The van der Waals surface area contributed by atoms with Crippen LogP contribution in [0.1, 0.15) is 53.5 Å². The van der Waals surface area contributed by atoms with Gasteiger partial charge in [-0.05, 0) is 25.8 Å². The first kappa shape index (κ1) is 15.0. The maximum atomic E-state index is 12.0. The molecule has 1 aliphatic carbocycles. The molecule has 2 heterocycles. The Morgan fingerprint density at radius 1 is 1.41 bits per heavy atom. The Bertz CT molecular complexity index is 713. The molecule has 1 aliphatic rings. The molecule has 0 radical (unpaired) electrons. The van der Waals surface area contributed by atoms with Crippen molar-refractivity contribution in [2.24, 2.45) is 0 Å². The lowest BCUT2D eigenvalue weighted by atomic mass is 9.96. The van der Waals surface area contributed by atoms with Crippen LogP contribution in [0.4, 0.5) is 0 Å². The molecule has 0 atom stereocenters. The molecule has 0 saturated heterocycles. The Morgan fingerprint density at radius 3 is 2.82 bits per heavy atom. The lowest BCUT2D eigenvalue weighted by molar-refractivity contribution is -0.135. The van der Waals surface area contributed by atoms with E-state index in [1.54, 1.807) is 0 Å². The molecule has 0 unspecified atom stereocenters. The van der Waals surface area contributed by atoms with E-state index in [1.807, 2.05) is 13.0 Å². The highest BCUT2D eigenvalue weighted by molar-refractivity contribution is 7.20. The van der Waals surface area contributed by atoms with E-state index in [-0.39, 0.29) is 12.5 Å². The number of aromatic nitrogens is 2. The van der Waals surface area contributed by atoms with E-state index in [9.17, 15) is 9.59 Å². The first-order valence-corrected chi connectivity index (χ1v) is 8.36. The molecular weight excluding hydrogens is 302 g/mol. The van der Waals surface area contributed by atoms with Crippen molar-refractivity contribution in [2.75, 3.05) is 6.54 Å². The van der Waals surface area contributed by atoms with Crippen molar-refractivity contribution >= 4 is 33.4 Å². The van der Waals surface area contributed by atoms with E-state index in [4.69, 9.17) is 5.11 Å². The van der Waals surface area contributed by atoms with E-state index in [0.717, 1.165) is 28.8 Å². The van der Waals surface area contributed by atoms with Gasteiger partial charge in [-0.3, -0.25) is 14.3 Å². The van der Waals surface area contributed by atoms with E-state index in [1.165, 1.54) is 30.6 Å². The van der Waals surface area contributed by atoms with Gasteiger partial charge in [-0.15, -0.1) is 11.3 Å². The maximum absolute atomic E-state index is 12.0. The lowest BCUT2D eigenvalue weighted by Crippen LogP contribution is -2.28. The van der Waals surface area contributed by atoms with Gasteiger partial charge in [-0.2, -0.15) is 5.10 Å². The Morgan fingerprint density at radius 2 is 2.14 bits per heavy atom. The summed E-state index contributed by atoms with van der Waals surface area (Å²) in [5.41, 5.74) is 0.925. The van der Waals surface area contributed by atoms with E-state index >= 15 is 0 Å². The number of rotatable bonds is 4. The summed E-state index contributed by atoms with van der Waals surface area (Å²) >= 11 is 1.39. The number of hydrogen-bond donors (Lipinski definition) is 2. The van der Waals surface area contributed by atoms with Crippen LogP contribution >= 0.6 is 11.3 Å². The number of amides is 1. The predicted molar refractivity (Wildman–Crippen MR) is 84.4 cm³/mol. The van der Waals surface area contributed by atoms with Crippen molar-refractivity contribution in [3.05, 3.63) is 16.6 Å². The van der Waals surface area contributed by atoms with Crippen molar-refractivity contribution in [3.8, 4) is 0 Å². The number of carbonyl (C=O) groups is 2. The third-order valence-corrected chi connectivity index (χ3v) is 5.24. The summed E-state index contributed by atoms with van der Waals surface area (Å²) in [5.74, 6) is -1.38. The fraction of sp³-hybridized carbons (Fsp3) is 0.533. The Labute approximate surface area is 132 Å². The minimum Gasteiger partial charge on any atom is -0.480 e. The minimum atomic E-state index is -1.04. The molecule has 3 rings (SSSR count). The average Bonchev–Trinajstić information content (AvgIpc) is 3.07. The van der Waals surface area contributed by atoms with Crippen LogP contribution in [0.15, 0.2) is 6.07 Å². The van der Waals surface area contributed by atoms with Crippen molar-refractivity contribution in [3.63, 3.8) is 0 Å². The molecule has 0 aliphatic heterocycles. The van der Waals surface area contributed by atoms with Gasteiger partial charge in [0, 0.05) is 5.39 Å². The summed E-state index contributed by atoms with van der Waals surface area (Å²) in [6.07, 6.45) is 6.00. The van der Waals surface area contributed by atoms with Crippen molar-refractivity contribution in [1.29, 1.82) is 0 Å². The second-order valence-electron chi connectivity index (χ2n) is 5.73. The highest BCUT2D eigenvalue weighted by Crippen LogP contribution is 2.35. The summed E-state index contributed by atoms with van der Waals surface area (Å²) in [4.78, 5) is 24.1. The van der Waals surface area contributed by atoms with Crippen LogP contribution in [0.3, 0.4) is 0 Å². The summed E-state index contributed by atoms with van der Waals surface area (Å²) in [5, 5.41) is 16.7. The second-order valence-corrected chi connectivity index (χ2v) is 6.76. The van der Waals surface area contributed by atoms with Gasteiger partial charge in [-0.25, -0.2) is 0 Å². The first-order chi connectivity index (χ1) is 10.6. The Hall–Kier alpha value is -1.89. The molecule has 118 valence electrons. The lowest BCUT2D eigenvalue weighted by Gasteiger charge is -2.22.